The highest BCUT2D eigenvalue weighted by Crippen LogP contribution is 2.24. The van der Waals surface area contributed by atoms with Gasteiger partial charge in [0.1, 0.15) is 0 Å². The highest BCUT2D eigenvalue weighted by molar-refractivity contribution is 6.31. The van der Waals surface area contributed by atoms with E-state index in [2.05, 4.69) is 0 Å². The van der Waals surface area contributed by atoms with Crippen molar-refractivity contribution in [2.45, 2.75) is 12.5 Å². The number of amides is 3. The Morgan fingerprint density at radius 2 is 1.71 bits per heavy atom. The lowest BCUT2D eigenvalue weighted by molar-refractivity contribution is -0.918. The van der Waals surface area contributed by atoms with Gasteiger partial charge in [-0.15, -0.1) is 0 Å². The molecule has 0 unspecified atom stereocenters. The van der Waals surface area contributed by atoms with Gasteiger partial charge in [0.15, 0.2) is 6.04 Å². The normalized spacial score (nSPS) is 20.7. The van der Waals surface area contributed by atoms with Gasteiger partial charge >= 0.3 is 0 Å². The van der Waals surface area contributed by atoms with E-state index < -0.39 is 6.04 Å². The van der Waals surface area contributed by atoms with Gasteiger partial charge in [0.2, 0.25) is 5.91 Å². The first-order chi connectivity index (χ1) is 13.5. The maximum absolute atomic E-state index is 12.9. The van der Waals surface area contributed by atoms with E-state index in [1.165, 1.54) is 4.90 Å². The summed E-state index contributed by atoms with van der Waals surface area (Å²) in [5.41, 5.74) is 1.19. The number of halogens is 1. The van der Waals surface area contributed by atoms with E-state index in [-0.39, 0.29) is 24.1 Å². The van der Waals surface area contributed by atoms with Crippen molar-refractivity contribution in [3.8, 4) is 0 Å². The molecular weight excluding hydrogens is 378 g/mol. The van der Waals surface area contributed by atoms with E-state index in [1.807, 2.05) is 35.2 Å². The summed E-state index contributed by atoms with van der Waals surface area (Å²) >= 11 is 6.01. The minimum Gasteiger partial charge on any atom is -0.327 e. The molecule has 7 heteroatoms. The molecule has 4 rings (SSSR count). The Morgan fingerprint density at radius 3 is 2.39 bits per heavy atom. The average molecular weight is 399 g/mol. The van der Waals surface area contributed by atoms with Gasteiger partial charge in [-0.1, -0.05) is 35.9 Å². The Labute approximate surface area is 168 Å². The number of nitrogens with one attached hydrogen (secondary N) is 1. The van der Waals surface area contributed by atoms with Crippen molar-refractivity contribution in [1.29, 1.82) is 0 Å². The van der Waals surface area contributed by atoms with Crippen molar-refractivity contribution in [2.24, 2.45) is 0 Å². The third-order valence-corrected chi connectivity index (χ3v) is 5.65. The second-order valence-electron chi connectivity index (χ2n) is 7.12. The van der Waals surface area contributed by atoms with E-state index in [4.69, 9.17) is 11.6 Å². The summed E-state index contributed by atoms with van der Waals surface area (Å²) in [4.78, 5) is 42.1. The van der Waals surface area contributed by atoms with Crippen LogP contribution in [0.1, 0.15) is 16.8 Å². The number of carbonyl (C=O) groups excluding carboxylic acids is 3. The smallest absolute Gasteiger partial charge is 0.292 e. The van der Waals surface area contributed by atoms with Crippen molar-refractivity contribution < 1.29 is 19.3 Å². The molecule has 2 aliphatic rings. The Hall–Kier alpha value is -2.70. The molecule has 2 fully saturated rings. The van der Waals surface area contributed by atoms with E-state index in [1.54, 1.807) is 24.3 Å². The van der Waals surface area contributed by atoms with Crippen LogP contribution in [0.4, 0.5) is 5.69 Å². The molecule has 2 saturated heterocycles. The number of piperazine rings is 1. The van der Waals surface area contributed by atoms with Gasteiger partial charge in [-0.3, -0.25) is 14.4 Å². The monoisotopic (exact) mass is 398 g/mol. The molecule has 0 aliphatic carbocycles. The van der Waals surface area contributed by atoms with Gasteiger partial charge in [0.25, 0.3) is 11.8 Å². The Balaban J connectivity index is 1.42. The molecule has 0 aromatic heterocycles. The Morgan fingerprint density at radius 1 is 1.00 bits per heavy atom. The molecule has 3 amide bonds. The standard InChI is InChI=1S/C21H20ClN3O3/c22-16-7-4-8-17(13-16)25-19(26)14-18(21(25)28)23-9-11-24(12-10-23)20(27)15-5-2-1-3-6-15/h1-8,13,18H,9-12,14H2/p+1/t18-/m0/s1. The summed E-state index contributed by atoms with van der Waals surface area (Å²) in [6, 6.07) is 15.6. The van der Waals surface area contributed by atoms with Crippen LogP contribution in [-0.4, -0.2) is 54.8 Å². The topological polar surface area (TPSA) is 62.1 Å². The number of quaternary nitrogens is 1. The van der Waals surface area contributed by atoms with Crippen LogP contribution in [0.2, 0.25) is 5.02 Å². The number of carbonyl (C=O) groups is 3. The maximum Gasteiger partial charge on any atom is 0.292 e. The zero-order valence-corrected chi connectivity index (χ0v) is 16.1. The molecule has 1 N–H and O–H groups in total. The quantitative estimate of drug-likeness (QED) is 0.785. The van der Waals surface area contributed by atoms with Crippen LogP contribution in [0, 0.1) is 0 Å². The zero-order valence-electron chi connectivity index (χ0n) is 15.3. The predicted molar refractivity (Wildman–Crippen MR) is 105 cm³/mol. The van der Waals surface area contributed by atoms with E-state index in [9.17, 15) is 14.4 Å². The molecule has 0 bridgehead atoms. The summed E-state index contributed by atoms with van der Waals surface area (Å²) in [6.45, 7) is 2.42. The van der Waals surface area contributed by atoms with Crippen LogP contribution in [0.3, 0.4) is 0 Å². The number of rotatable bonds is 3. The molecule has 1 atom stereocenters. The van der Waals surface area contributed by atoms with Crippen LogP contribution in [0.25, 0.3) is 0 Å². The highest BCUT2D eigenvalue weighted by atomic mass is 35.5. The molecule has 2 aromatic rings. The second kappa shape index (κ2) is 7.73. The number of nitrogens with zero attached hydrogens (tertiary/aromatic N) is 2. The lowest BCUT2D eigenvalue weighted by Gasteiger charge is -2.34. The fraction of sp³-hybridized carbons (Fsp3) is 0.286. The molecule has 2 aromatic carbocycles. The molecule has 0 spiro atoms. The van der Waals surface area contributed by atoms with Crippen LogP contribution in [-0.2, 0) is 9.59 Å². The third-order valence-electron chi connectivity index (χ3n) is 5.42. The first kappa shape index (κ1) is 18.7. The molecule has 2 aliphatic heterocycles. The minimum absolute atomic E-state index is 0.00836. The van der Waals surface area contributed by atoms with Crippen molar-refractivity contribution in [3.05, 3.63) is 65.2 Å². The predicted octanol–water partition coefficient (Wildman–Crippen LogP) is 1.01. The summed E-state index contributed by atoms with van der Waals surface area (Å²) < 4.78 is 0. The fourth-order valence-corrected chi connectivity index (χ4v) is 4.13. The highest BCUT2D eigenvalue weighted by Gasteiger charge is 2.46. The van der Waals surface area contributed by atoms with Crippen LogP contribution < -0.4 is 9.80 Å². The van der Waals surface area contributed by atoms with Crippen molar-refractivity contribution >= 4 is 35.0 Å². The molecular formula is C21H21ClN3O3+. The van der Waals surface area contributed by atoms with Crippen molar-refractivity contribution in [3.63, 3.8) is 0 Å². The summed E-state index contributed by atoms with van der Waals surface area (Å²) in [5.74, 6) is -0.383. The Bertz CT molecular complexity index is 910. The molecule has 144 valence electrons. The number of benzene rings is 2. The lowest BCUT2D eigenvalue weighted by Crippen LogP contribution is -3.19. The van der Waals surface area contributed by atoms with Gasteiger partial charge in [-0.2, -0.15) is 0 Å². The van der Waals surface area contributed by atoms with E-state index in [0.717, 1.165) is 4.90 Å². The first-order valence-corrected chi connectivity index (χ1v) is 9.73. The molecule has 6 nitrogen and oxygen atoms in total. The molecule has 0 radical (unpaired) electrons. The number of hydrogen-bond donors (Lipinski definition) is 1. The molecule has 2 heterocycles. The molecule has 28 heavy (non-hydrogen) atoms. The second-order valence-corrected chi connectivity index (χ2v) is 7.56. The third kappa shape index (κ3) is 3.53. The summed E-state index contributed by atoms with van der Waals surface area (Å²) in [5, 5.41) is 0.488. The largest absolute Gasteiger partial charge is 0.327 e. The molecule has 0 saturated carbocycles. The maximum atomic E-state index is 12.9. The van der Waals surface area contributed by atoms with Crippen LogP contribution in [0.5, 0.6) is 0 Å². The Kier molecular flexibility index (Phi) is 5.15. The van der Waals surface area contributed by atoms with E-state index in [0.29, 0.717) is 42.5 Å². The zero-order chi connectivity index (χ0) is 19.7. The first-order valence-electron chi connectivity index (χ1n) is 9.36. The summed E-state index contributed by atoms with van der Waals surface area (Å²) in [7, 11) is 0. The van der Waals surface area contributed by atoms with Crippen molar-refractivity contribution in [1.82, 2.24) is 4.90 Å². The van der Waals surface area contributed by atoms with Crippen molar-refractivity contribution in [2.75, 3.05) is 31.1 Å². The number of imide groups is 1. The van der Waals surface area contributed by atoms with Gasteiger partial charge < -0.3 is 9.80 Å². The van der Waals surface area contributed by atoms with Gasteiger partial charge in [-0.05, 0) is 30.3 Å². The lowest BCUT2D eigenvalue weighted by atomic mass is 10.1. The van der Waals surface area contributed by atoms with E-state index >= 15 is 0 Å². The average Bonchev–Trinajstić information content (AvgIpc) is 3.02. The van der Waals surface area contributed by atoms with Gasteiger partial charge in [-0.25, -0.2) is 4.90 Å². The number of hydrogen-bond acceptors (Lipinski definition) is 3. The SMILES string of the molecule is O=C(c1ccccc1)N1CC[NH+]([C@H]2CC(=O)N(c3cccc(Cl)c3)C2=O)CC1. The number of anilines is 1. The van der Waals surface area contributed by atoms with Crippen LogP contribution >= 0.6 is 11.6 Å². The minimum atomic E-state index is -0.402. The summed E-state index contributed by atoms with van der Waals surface area (Å²) in [6.07, 6.45) is 0.188. The van der Waals surface area contributed by atoms with Crippen LogP contribution in [0.15, 0.2) is 54.6 Å². The van der Waals surface area contributed by atoms with Gasteiger partial charge in [0, 0.05) is 10.6 Å². The fourth-order valence-electron chi connectivity index (χ4n) is 3.95. The van der Waals surface area contributed by atoms with Gasteiger partial charge in [0.05, 0.1) is 38.3 Å².